The summed E-state index contributed by atoms with van der Waals surface area (Å²) in [6.07, 6.45) is 0.273. The number of amidine groups is 1. The first-order valence-corrected chi connectivity index (χ1v) is 12.8. The first-order valence-electron chi connectivity index (χ1n) is 9.22. The van der Waals surface area contributed by atoms with Crippen LogP contribution in [0.2, 0.25) is 0 Å². The summed E-state index contributed by atoms with van der Waals surface area (Å²) >= 11 is 2.95. The highest BCUT2D eigenvalue weighted by Gasteiger charge is 2.49. The Bertz CT molecular complexity index is 996. The van der Waals surface area contributed by atoms with Gasteiger partial charge in [0.1, 0.15) is 0 Å². The highest BCUT2D eigenvalue weighted by molar-refractivity contribution is 8.16. The van der Waals surface area contributed by atoms with E-state index in [4.69, 9.17) is 0 Å². The second-order valence-electron chi connectivity index (χ2n) is 7.46. The maximum Gasteiger partial charge on any atom is 0.253 e. The van der Waals surface area contributed by atoms with E-state index in [0.717, 1.165) is 10.6 Å². The number of benzene rings is 1. The van der Waals surface area contributed by atoms with Crippen LogP contribution in [0.5, 0.6) is 0 Å². The van der Waals surface area contributed by atoms with Gasteiger partial charge in [-0.2, -0.15) is 4.99 Å². The van der Waals surface area contributed by atoms with Crippen molar-refractivity contribution in [3.05, 3.63) is 52.2 Å². The molecule has 3 heterocycles. The molecule has 2 aliphatic heterocycles. The molecule has 0 N–H and O–H groups in total. The smallest absolute Gasteiger partial charge is 0.253 e. The van der Waals surface area contributed by atoms with Crippen LogP contribution < -0.4 is 4.90 Å². The van der Waals surface area contributed by atoms with Gasteiger partial charge in [-0.05, 0) is 35.1 Å². The lowest BCUT2D eigenvalue weighted by Crippen LogP contribution is -2.37. The Morgan fingerprint density at radius 2 is 1.96 bits per heavy atom. The summed E-state index contributed by atoms with van der Waals surface area (Å²) in [6, 6.07) is 11.8. The molecule has 2 aliphatic rings. The van der Waals surface area contributed by atoms with E-state index in [2.05, 4.69) is 31.0 Å². The Morgan fingerprint density at radius 3 is 2.61 bits per heavy atom. The van der Waals surface area contributed by atoms with Gasteiger partial charge in [-0.15, -0.1) is 11.3 Å². The third kappa shape index (κ3) is 4.04. The molecule has 2 atom stereocenters. The van der Waals surface area contributed by atoms with Crippen molar-refractivity contribution in [3.8, 4) is 0 Å². The zero-order valence-electron chi connectivity index (χ0n) is 15.7. The fourth-order valence-electron chi connectivity index (χ4n) is 3.59. The first kappa shape index (κ1) is 19.7. The molecule has 0 saturated carbocycles. The Balaban J connectivity index is 1.65. The molecular weight excluding hydrogens is 412 g/mol. The number of carbonyl (C=O) groups excluding carboxylic acids is 1. The molecule has 28 heavy (non-hydrogen) atoms. The van der Waals surface area contributed by atoms with Crippen LogP contribution in [0, 0.1) is 0 Å². The summed E-state index contributed by atoms with van der Waals surface area (Å²) < 4.78 is 24.3. The quantitative estimate of drug-likeness (QED) is 0.734. The van der Waals surface area contributed by atoms with Crippen molar-refractivity contribution in [2.24, 2.45) is 4.99 Å². The van der Waals surface area contributed by atoms with Crippen molar-refractivity contribution in [3.63, 3.8) is 0 Å². The predicted molar refractivity (Wildman–Crippen MR) is 117 cm³/mol. The SMILES string of the molecule is CC(C)c1ccc(N2C(=NC(=O)Cc3cccs3)S[C@@H]3CS(=O)(=O)C[C@H]32)cc1. The third-order valence-corrected chi connectivity index (χ3v) is 9.12. The second-order valence-corrected chi connectivity index (χ2v) is 11.9. The van der Waals surface area contributed by atoms with Crippen molar-refractivity contribution in [2.75, 3.05) is 16.4 Å². The van der Waals surface area contributed by atoms with Gasteiger partial charge in [-0.25, -0.2) is 8.42 Å². The van der Waals surface area contributed by atoms with Crippen LogP contribution in [0.3, 0.4) is 0 Å². The minimum Gasteiger partial charge on any atom is -0.316 e. The Morgan fingerprint density at radius 1 is 1.21 bits per heavy atom. The molecule has 0 radical (unpaired) electrons. The molecule has 0 spiro atoms. The van der Waals surface area contributed by atoms with E-state index < -0.39 is 9.84 Å². The molecule has 4 rings (SSSR count). The van der Waals surface area contributed by atoms with Crippen molar-refractivity contribution < 1.29 is 13.2 Å². The maximum absolute atomic E-state index is 12.5. The Labute approximate surface area is 173 Å². The third-order valence-electron chi connectivity index (χ3n) is 5.03. The van der Waals surface area contributed by atoms with Crippen LogP contribution in [0.25, 0.3) is 0 Å². The van der Waals surface area contributed by atoms with Crippen LogP contribution in [-0.2, 0) is 21.1 Å². The van der Waals surface area contributed by atoms with Gasteiger partial charge in [0.25, 0.3) is 5.91 Å². The monoisotopic (exact) mass is 434 g/mol. The second kappa shape index (κ2) is 7.65. The number of anilines is 1. The van der Waals surface area contributed by atoms with Gasteiger partial charge in [0.2, 0.25) is 0 Å². The highest BCUT2D eigenvalue weighted by atomic mass is 32.2. The largest absolute Gasteiger partial charge is 0.316 e. The van der Waals surface area contributed by atoms with Crippen molar-refractivity contribution in [2.45, 2.75) is 37.5 Å². The molecule has 5 nitrogen and oxygen atoms in total. The van der Waals surface area contributed by atoms with Gasteiger partial charge < -0.3 is 4.90 Å². The molecule has 0 aliphatic carbocycles. The molecule has 8 heteroatoms. The first-order chi connectivity index (χ1) is 13.3. The van der Waals surface area contributed by atoms with Crippen LogP contribution in [0.15, 0.2) is 46.8 Å². The molecule has 2 fully saturated rings. The summed E-state index contributed by atoms with van der Waals surface area (Å²) in [5, 5.41) is 2.48. The van der Waals surface area contributed by atoms with Gasteiger partial charge in [0.15, 0.2) is 15.0 Å². The summed E-state index contributed by atoms with van der Waals surface area (Å²) in [6.45, 7) is 4.27. The van der Waals surface area contributed by atoms with Crippen LogP contribution in [0.4, 0.5) is 5.69 Å². The Hall–Kier alpha value is -1.64. The summed E-state index contributed by atoms with van der Waals surface area (Å²) in [7, 11) is -3.06. The summed E-state index contributed by atoms with van der Waals surface area (Å²) in [4.78, 5) is 19.8. The van der Waals surface area contributed by atoms with Crippen LogP contribution in [0.1, 0.15) is 30.2 Å². The van der Waals surface area contributed by atoms with E-state index in [1.54, 1.807) is 0 Å². The van der Waals surface area contributed by atoms with E-state index in [-0.39, 0.29) is 35.1 Å². The van der Waals surface area contributed by atoms with Gasteiger partial charge in [-0.1, -0.05) is 43.8 Å². The Kier molecular flexibility index (Phi) is 5.37. The molecule has 2 saturated heterocycles. The van der Waals surface area contributed by atoms with E-state index in [0.29, 0.717) is 11.1 Å². The van der Waals surface area contributed by atoms with E-state index in [9.17, 15) is 13.2 Å². The fourth-order valence-corrected chi connectivity index (χ4v) is 8.22. The van der Waals surface area contributed by atoms with E-state index in [1.165, 1.54) is 28.7 Å². The number of rotatable bonds is 4. The van der Waals surface area contributed by atoms with E-state index in [1.807, 2.05) is 34.5 Å². The predicted octanol–water partition coefficient (Wildman–Crippen LogP) is 3.72. The lowest BCUT2D eigenvalue weighted by atomic mass is 10.0. The fraction of sp³-hybridized carbons (Fsp3) is 0.400. The van der Waals surface area contributed by atoms with Gasteiger partial charge in [-0.3, -0.25) is 4.79 Å². The molecule has 1 aromatic carbocycles. The number of sulfone groups is 1. The lowest BCUT2D eigenvalue weighted by Gasteiger charge is -2.25. The summed E-state index contributed by atoms with van der Waals surface area (Å²) in [5.41, 5.74) is 2.11. The van der Waals surface area contributed by atoms with Crippen molar-refractivity contribution >= 4 is 49.7 Å². The molecule has 1 aromatic heterocycles. The number of thiophene rings is 1. The number of hydrogen-bond acceptors (Lipinski definition) is 5. The number of aliphatic imine (C=N–C) groups is 1. The molecule has 0 bridgehead atoms. The molecular formula is C20H22N2O3S3. The number of nitrogens with zero attached hydrogens (tertiary/aromatic N) is 2. The maximum atomic E-state index is 12.5. The lowest BCUT2D eigenvalue weighted by molar-refractivity contribution is -0.117. The normalized spacial score (nSPS) is 24.8. The number of amides is 1. The van der Waals surface area contributed by atoms with E-state index >= 15 is 0 Å². The van der Waals surface area contributed by atoms with Crippen molar-refractivity contribution in [1.82, 2.24) is 0 Å². The molecule has 1 amide bonds. The van der Waals surface area contributed by atoms with Gasteiger partial charge in [0, 0.05) is 15.8 Å². The topological polar surface area (TPSA) is 66.8 Å². The van der Waals surface area contributed by atoms with Crippen LogP contribution >= 0.6 is 23.1 Å². The number of thioether (sulfide) groups is 1. The molecule has 0 unspecified atom stereocenters. The zero-order valence-corrected chi connectivity index (χ0v) is 18.2. The average Bonchev–Trinajstić information content (AvgIpc) is 3.29. The number of carbonyl (C=O) groups is 1. The summed E-state index contributed by atoms with van der Waals surface area (Å²) in [5.74, 6) is 0.467. The number of fused-ring (bicyclic) bond motifs is 1. The average molecular weight is 435 g/mol. The minimum absolute atomic E-state index is 0.0805. The van der Waals surface area contributed by atoms with Crippen LogP contribution in [-0.4, -0.2) is 42.3 Å². The standard InChI is InChI=1S/C20H22N2O3S3/c1-13(2)14-5-7-15(8-6-14)22-17-11-28(24,25)12-18(17)27-20(22)21-19(23)10-16-4-3-9-26-16/h3-9,13,17-18H,10-12H2,1-2H3/t17-,18-/m1/s1. The van der Waals surface area contributed by atoms with Crippen molar-refractivity contribution in [1.29, 1.82) is 0 Å². The minimum atomic E-state index is -3.06. The number of hydrogen-bond donors (Lipinski definition) is 0. The van der Waals surface area contributed by atoms with Gasteiger partial charge >= 0.3 is 0 Å². The highest BCUT2D eigenvalue weighted by Crippen LogP contribution is 2.41. The molecule has 2 aromatic rings. The molecule has 148 valence electrons. The van der Waals surface area contributed by atoms with Gasteiger partial charge in [0.05, 0.1) is 24.0 Å². The zero-order chi connectivity index (χ0) is 19.9.